The molecule has 0 N–H and O–H groups in total. The Balaban J connectivity index is 0.000000108. The molecule has 6 aromatic heterocycles. The molecule has 0 aliphatic rings. The number of hydrogen-bond acceptors (Lipinski definition) is 7. The minimum atomic E-state index is 0.863. The monoisotopic (exact) mass is 1710 g/mol. The highest BCUT2D eigenvalue weighted by molar-refractivity contribution is 7.26. The number of thiophene rings is 1. The molecule has 0 bridgehead atoms. The van der Waals surface area contributed by atoms with Gasteiger partial charge in [0.25, 0.3) is 0 Å². The van der Waals surface area contributed by atoms with Gasteiger partial charge in [-0.1, -0.05) is 364 Å². The van der Waals surface area contributed by atoms with Crippen molar-refractivity contribution >= 4 is 151 Å². The van der Waals surface area contributed by atoms with E-state index in [9.17, 15) is 0 Å². The molecule has 620 valence electrons. The van der Waals surface area contributed by atoms with Crippen molar-refractivity contribution < 1.29 is 0 Å². The number of hydrogen-bond donors (Lipinski definition) is 0. The Kier molecular flexibility index (Phi) is 19.3. The van der Waals surface area contributed by atoms with E-state index < -0.39 is 0 Å². The van der Waals surface area contributed by atoms with E-state index in [0.29, 0.717) is 0 Å². The Labute approximate surface area is 770 Å². The van der Waals surface area contributed by atoms with Crippen molar-refractivity contribution in [3.05, 3.63) is 473 Å². The van der Waals surface area contributed by atoms with E-state index in [1.165, 1.54) is 141 Å². The number of para-hydroxylation sites is 2. The van der Waals surface area contributed by atoms with Crippen molar-refractivity contribution in [2.45, 2.75) is 0 Å². The Bertz CT molecular complexity index is 8970. The molecule has 0 unspecified atom stereocenters. The first-order chi connectivity index (χ1) is 65.9. The van der Waals surface area contributed by atoms with Gasteiger partial charge >= 0.3 is 0 Å². The van der Waals surface area contributed by atoms with E-state index >= 15 is 0 Å². The maximum absolute atomic E-state index is 5.22. The Morgan fingerprint density at radius 1 is 0.180 bits per heavy atom. The highest BCUT2D eigenvalue weighted by Gasteiger charge is 2.23. The third-order valence-corrected chi connectivity index (χ3v) is 27.3. The Hall–Kier alpha value is -17.5. The van der Waals surface area contributed by atoms with Crippen molar-refractivity contribution in [2.75, 3.05) is 0 Å². The smallest absolute Gasteiger partial charge is 0.0979 e. The van der Waals surface area contributed by atoms with Crippen molar-refractivity contribution in [1.82, 2.24) is 39.0 Å². The summed E-state index contributed by atoms with van der Waals surface area (Å²) >= 11 is 1.86. The molecule has 6 heterocycles. The van der Waals surface area contributed by atoms with Gasteiger partial charge in [-0.05, 0) is 174 Å². The van der Waals surface area contributed by atoms with Gasteiger partial charge < -0.3 is 9.13 Å². The quantitative estimate of drug-likeness (QED) is 0.120. The topological polar surface area (TPSA) is 87.2 Å². The molecule has 8 nitrogen and oxygen atoms in total. The number of fused-ring (bicyclic) bond motifs is 22. The van der Waals surface area contributed by atoms with Gasteiger partial charge in [0.15, 0.2) is 0 Å². The molecule has 0 saturated carbocycles. The highest BCUT2D eigenvalue weighted by Crippen LogP contribution is 2.46. The van der Waals surface area contributed by atoms with E-state index in [4.69, 9.17) is 29.9 Å². The van der Waals surface area contributed by atoms with Crippen molar-refractivity contribution in [3.63, 3.8) is 0 Å². The fourth-order valence-electron chi connectivity index (χ4n) is 19.7. The van der Waals surface area contributed by atoms with Gasteiger partial charge in [0.1, 0.15) is 0 Å². The molecule has 0 aliphatic heterocycles. The molecule has 0 radical (unpaired) electrons. The van der Waals surface area contributed by atoms with Crippen molar-refractivity contribution in [3.8, 4) is 112 Å². The van der Waals surface area contributed by atoms with Crippen molar-refractivity contribution in [2.24, 2.45) is 0 Å². The summed E-state index contributed by atoms with van der Waals surface area (Å²) < 4.78 is 7.40. The first-order valence-electron chi connectivity index (χ1n) is 45.0. The summed E-state index contributed by atoms with van der Waals surface area (Å²) in [5.74, 6) is 0. The minimum absolute atomic E-state index is 0.863. The van der Waals surface area contributed by atoms with Crippen LogP contribution in [0.25, 0.3) is 252 Å². The molecule has 0 amide bonds. The average molecular weight is 1710 g/mol. The standard InChI is InChI=1S/C46H29N3.C44H29N3.C34H20N2S/c1-3-11-30(12-4-1)33-21-25-43-40(27-33)41-28-34(31-13-5-2-6-14-31)22-26-44(41)49(43)35-23-19-32(20-24-35)42-29-47-45-38-17-9-7-15-36(38)37-16-8-10-18-39(37)46(45)48-42;1-4-12-30(13-5-1)34-22-26-41-37(28-34)38-29-35(31-14-6-2-7-15-31)23-27-42(38)47(41)36-24-20-33(21-25-36)44-43(32-16-8-3-9-17-32)45-39-18-10-11-19-40(39)46-44;1-3-14-27-24(11-1)25-12-2-4-15-28(25)33-32(27)35-20-30(36-33)22-10-7-9-21(19-22)23-16-8-17-29-26-13-5-6-18-31(26)37-34(23)29/h1-29H;1-29H;1-20H. The first kappa shape index (κ1) is 77.8. The second-order valence-electron chi connectivity index (χ2n) is 33.9. The lowest BCUT2D eigenvalue weighted by Gasteiger charge is -2.13. The fraction of sp³-hybridized carbons (Fsp3) is 0. The van der Waals surface area contributed by atoms with Crippen LogP contribution in [0, 0.1) is 0 Å². The van der Waals surface area contributed by atoms with E-state index in [1.807, 2.05) is 66.2 Å². The predicted molar refractivity (Wildman–Crippen MR) is 559 cm³/mol. The summed E-state index contributed by atoms with van der Waals surface area (Å²) in [5.41, 5.74) is 32.3. The van der Waals surface area contributed by atoms with Crippen molar-refractivity contribution in [1.29, 1.82) is 0 Å². The summed E-state index contributed by atoms with van der Waals surface area (Å²) in [7, 11) is 0. The molecule has 27 aromatic rings. The maximum Gasteiger partial charge on any atom is 0.0979 e. The molecule has 0 saturated heterocycles. The van der Waals surface area contributed by atoms with E-state index in [-0.39, 0.29) is 0 Å². The van der Waals surface area contributed by atoms with Crippen LogP contribution in [0.3, 0.4) is 0 Å². The molecular weight excluding hydrogens is 1630 g/mol. The van der Waals surface area contributed by atoms with Crippen LogP contribution in [0.2, 0.25) is 0 Å². The van der Waals surface area contributed by atoms with Crippen LogP contribution in [0.5, 0.6) is 0 Å². The second kappa shape index (κ2) is 33.0. The summed E-state index contributed by atoms with van der Waals surface area (Å²) in [6, 6.07) is 164. The average Bonchev–Trinajstić information content (AvgIpc) is 1.70. The molecule has 0 aliphatic carbocycles. The summed E-state index contributed by atoms with van der Waals surface area (Å²) in [6.45, 7) is 0. The zero-order valence-electron chi connectivity index (χ0n) is 72.0. The summed E-state index contributed by atoms with van der Waals surface area (Å²) in [4.78, 5) is 30.6. The van der Waals surface area contributed by atoms with Gasteiger partial charge in [0.05, 0.1) is 90.3 Å². The summed E-state index contributed by atoms with van der Waals surface area (Å²) in [6.07, 6.45) is 3.83. The van der Waals surface area contributed by atoms with Gasteiger partial charge in [0, 0.05) is 96.9 Å². The van der Waals surface area contributed by atoms with Crippen LogP contribution in [-0.4, -0.2) is 39.0 Å². The zero-order chi connectivity index (χ0) is 87.8. The van der Waals surface area contributed by atoms with Crippen LogP contribution >= 0.6 is 11.3 Å². The predicted octanol–water partition coefficient (Wildman–Crippen LogP) is 33.1. The van der Waals surface area contributed by atoms with Crippen LogP contribution in [0.1, 0.15) is 0 Å². The number of aromatic nitrogens is 8. The molecule has 0 spiro atoms. The molecule has 0 atom stereocenters. The molecule has 27 rings (SSSR count). The molecule has 0 fully saturated rings. The van der Waals surface area contributed by atoms with Gasteiger partial charge in [0.2, 0.25) is 0 Å². The molecular formula is C124H78N8S. The molecule has 21 aromatic carbocycles. The van der Waals surface area contributed by atoms with Gasteiger partial charge in [-0.25, -0.2) is 19.9 Å². The summed E-state index contributed by atoms with van der Waals surface area (Å²) in [5, 5.41) is 16.9. The number of benzene rings is 21. The lowest BCUT2D eigenvalue weighted by molar-refractivity contribution is 1.18. The van der Waals surface area contributed by atoms with Gasteiger partial charge in [-0.3, -0.25) is 9.97 Å². The first-order valence-corrected chi connectivity index (χ1v) is 45.8. The SMILES string of the molecule is c1cc(-c2cnc3c4ccccc4c4ccccc4c3n2)cc(-c2cccc3c2sc2ccccc23)c1.c1ccc(-c2ccc3c(c2)c2cc(-c4ccccc4)ccc2n3-c2ccc(-c3cnc4c5ccccc5c5ccccc5c4n3)cc2)cc1.c1ccc(-c2ccc3c(c2)c2cc(-c4ccccc4)ccc2n3-c2ccc(-c3nc4ccccc4nc3-c3ccccc3)cc2)cc1. The third kappa shape index (κ3) is 13.9. The van der Waals surface area contributed by atoms with E-state index in [2.05, 4.69) is 428 Å². The zero-order valence-corrected chi connectivity index (χ0v) is 72.8. The van der Waals surface area contributed by atoms with Gasteiger partial charge in [-0.15, -0.1) is 11.3 Å². The highest BCUT2D eigenvalue weighted by atomic mass is 32.1. The van der Waals surface area contributed by atoms with Crippen LogP contribution in [-0.2, 0) is 0 Å². The maximum atomic E-state index is 5.22. The molecule has 9 heteroatoms. The minimum Gasteiger partial charge on any atom is -0.309 e. The molecule has 133 heavy (non-hydrogen) atoms. The third-order valence-electron chi connectivity index (χ3n) is 26.1. The normalized spacial score (nSPS) is 11.6. The number of nitrogens with zero attached hydrogens (tertiary/aromatic N) is 8. The fourth-order valence-corrected chi connectivity index (χ4v) is 21.0. The Morgan fingerprint density at radius 3 is 0.895 bits per heavy atom. The second-order valence-corrected chi connectivity index (χ2v) is 34.9. The van der Waals surface area contributed by atoms with Gasteiger partial charge in [-0.2, -0.15) is 0 Å². The lowest BCUT2D eigenvalue weighted by atomic mass is 9.98. The van der Waals surface area contributed by atoms with E-state index in [1.54, 1.807) is 0 Å². The van der Waals surface area contributed by atoms with Crippen LogP contribution in [0.4, 0.5) is 0 Å². The lowest BCUT2D eigenvalue weighted by Crippen LogP contribution is -1.97. The van der Waals surface area contributed by atoms with Crippen LogP contribution < -0.4 is 0 Å². The van der Waals surface area contributed by atoms with E-state index in [0.717, 1.165) is 111 Å². The largest absolute Gasteiger partial charge is 0.309 e. The van der Waals surface area contributed by atoms with Crippen LogP contribution in [0.15, 0.2) is 473 Å². The Morgan fingerprint density at radius 2 is 0.481 bits per heavy atom. The number of rotatable bonds is 11.